The van der Waals surface area contributed by atoms with Crippen molar-refractivity contribution in [2.24, 2.45) is 5.41 Å². The van der Waals surface area contributed by atoms with Crippen LogP contribution in [0.2, 0.25) is 0 Å². The van der Waals surface area contributed by atoms with Crippen molar-refractivity contribution < 1.29 is 19.1 Å². The SMILES string of the molecule is C=CC(C)(CC(C)NC(=O)OC(C)(C)C)C(=O)OC. The number of alkyl carbamates (subject to hydrolysis) is 1. The molecule has 0 radical (unpaired) electrons. The summed E-state index contributed by atoms with van der Waals surface area (Å²) in [7, 11) is 1.33. The second-order valence-electron chi connectivity index (χ2n) is 5.86. The minimum Gasteiger partial charge on any atom is -0.468 e. The van der Waals surface area contributed by atoms with E-state index in [0.29, 0.717) is 6.42 Å². The van der Waals surface area contributed by atoms with E-state index in [0.717, 1.165) is 0 Å². The van der Waals surface area contributed by atoms with Gasteiger partial charge in [-0.3, -0.25) is 4.79 Å². The third-order valence-corrected chi connectivity index (χ3v) is 2.60. The minimum atomic E-state index is -0.830. The Morgan fingerprint density at radius 1 is 1.32 bits per heavy atom. The van der Waals surface area contributed by atoms with Crippen molar-refractivity contribution in [3.63, 3.8) is 0 Å². The maximum atomic E-state index is 11.7. The van der Waals surface area contributed by atoms with Crippen LogP contribution in [0.15, 0.2) is 12.7 Å². The molecule has 0 heterocycles. The lowest BCUT2D eigenvalue weighted by Crippen LogP contribution is -2.41. The number of methoxy groups -OCH3 is 1. The molecule has 0 rings (SSSR count). The van der Waals surface area contributed by atoms with Crippen molar-refractivity contribution in [1.29, 1.82) is 0 Å². The summed E-state index contributed by atoms with van der Waals surface area (Å²) in [5.74, 6) is -0.375. The first-order valence-electron chi connectivity index (χ1n) is 6.25. The van der Waals surface area contributed by atoms with Crippen LogP contribution in [-0.4, -0.2) is 30.8 Å². The van der Waals surface area contributed by atoms with Gasteiger partial charge in [-0.05, 0) is 41.0 Å². The molecule has 1 amide bonds. The maximum absolute atomic E-state index is 11.7. The van der Waals surface area contributed by atoms with E-state index in [1.165, 1.54) is 13.2 Å². The highest BCUT2D eigenvalue weighted by Crippen LogP contribution is 2.26. The van der Waals surface area contributed by atoms with Gasteiger partial charge in [-0.15, -0.1) is 6.58 Å². The van der Waals surface area contributed by atoms with Crippen LogP contribution in [0.1, 0.15) is 41.0 Å². The molecule has 0 fully saturated rings. The van der Waals surface area contributed by atoms with Crippen LogP contribution in [-0.2, 0) is 14.3 Å². The summed E-state index contributed by atoms with van der Waals surface area (Å²) in [5, 5.41) is 2.69. The molecule has 0 aliphatic carbocycles. The highest BCUT2D eigenvalue weighted by atomic mass is 16.6. The largest absolute Gasteiger partial charge is 0.468 e. The van der Waals surface area contributed by atoms with Gasteiger partial charge in [-0.25, -0.2) is 4.79 Å². The Kier molecular flexibility index (Phi) is 6.06. The Bertz CT molecular complexity index is 346. The van der Waals surface area contributed by atoms with Crippen LogP contribution in [0.5, 0.6) is 0 Å². The zero-order valence-electron chi connectivity index (χ0n) is 12.7. The monoisotopic (exact) mass is 271 g/mol. The molecule has 0 saturated carbocycles. The number of hydrogen-bond donors (Lipinski definition) is 1. The summed E-state index contributed by atoms with van der Waals surface area (Å²) >= 11 is 0. The van der Waals surface area contributed by atoms with Gasteiger partial charge in [-0.1, -0.05) is 6.08 Å². The number of rotatable bonds is 5. The predicted molar refractivity (Wildman–Crippen MR) is 73.8 cm³/mol. The molecule has 1 N–H and O–H groups in total. The topological polar surface area (TPSA) is 64.6 Å². The van der Waals surface area contributed by atoms with Gasteiger partial charge in [-0.2, -0.15) is 0 Å². The van der Waals surface area contributed by atoms with Crippen molar-refractivity contribution in [2.75, 3.05) is 7.11 Å². The third kappa shape index (κ3) is 6.27. The van der Waals surface area contributed by atoms with Gasteiger partial charge in [0.15, 0.2) is 0 Å². The Balaban J connectivity index is 4.52. The number of esters is 1. The first kappa shape index (κ1) is 17.5. The molecule has 2 atom stereocenters. The van der Waals surface area contributed by atoms with Gasteiger partial charge < -0.3 is 14.8 Å². The molecular formula is C14H25NO4. The van der Waals surface area contributed by atoms with E-state index in [1.54, 1.807) is 34.6 Å². The van der Waals surface area contributed by atoms with Gasteiger partial charge in [0.1, 0.15) is 5.60 Å². The summed E-state index contributed by atoms with van der Waals surface area (Å²) in [6, 6.07) is -0.239. The Morgan fingerprint density at radius 3 is 2.21 bits per heavy atom. The minimum absolute atomic E-state index is 0.239. The number of nitrogens with one attached hydrogen (secondary N) is 1. The molecule has 0 spiro atoms. The molecule has 5 nitrogen and oxygen atoms in total. The molecule has 19 heavy (non-hydrogen) atoms. The lowest BCUT2D eigenvalue weighted by molar-refractivity contribution is -0.149. The van der Waals surface area contributed by atoms with Crippen molar-refractivity contribution >= 4 is 12.1 Å². The average Bonchev–Trinajstić information content (AvgIpc) is 2.24. The number of carbonyl (C=O) groups excluding carboxylic acids is 2. The maximum Gasteiger partial charge on any atom is 0.407 e. The highest BCUT2D eigenvalue weighted by molar-refractivity contribution is 5.78. The molecule has 0 aromatic heterocycles. The Labute approximate surface area is 115 Å². The van der Waals surface area contributed by atoms with Gasteiger partial charge in [0.25, 0.3) is 0 Å². The second kappa shape index (κ2) is 6.59. The number of carbonyl (C=O) groups is 2. The van der Waals surface area contributed by atoms with Crippen LogP contribution in [0.25, 0.3) is 0 Å². The highest BCUT2D eigenvalue weighted by Gasteiger charge is 2.33. The predicted octanol–water partition coefficient (Wildman–Crippen LogP) is 2.66. The summed E-state index contributed by atoms with van der Waals surface area (Å²) in [5.41, 5.74) is -1.38. The smallest absolute Gasteiger partial charge is 0.407 e. The van der Waals surface area contributed by atoms with Crippen LogP contribution >= 0.6 is 0 Å². The van der Waals surface area contributed by atoms with Crippen LogP contribution in [0.4, 0.5) is 4.79 Å². The summed E-state index contributed by atoms with van der Waals surface area (Å²) in [4.78, 5) is 23.3. The van der Waals surface area contributed by atoms with Crippen LogP contribution in [0.3, 0.4) is 0 Å². The van der Waals surface area contributed by atoms with Crippen molar-refractivity contribution in [3.8, 4) is 0 Å². The summed E-state index contributed by atoms with van der Waals surface area (Å²) in [6.07, 6.45) is 1.42. The standard InChI is InChI=1S/C14H25NO4/c1-8-14(6,11(16)18-7)9-10(2)15-12(17)19-13(3,4)5/h8,10H,1,9H2,2-7H3,(H,15,17). The van der Waals surface area contributed by atoms with E-state index in [-0.39, 0.29) is 12.0 Å². The molecule has 0 aliphatic rings. The normalized spacial score (nSPS) is 15.9. The number of hydrogen-bond acceptors (Lipinski definition) is 4. The van der Waals surface area contributed by atoms with E-state index in [9.17, 15) is 9.59 Å². The zero-order valence-corrected chi connectivity index (χ0v) is 12.7. The lowest BCUT2D eigenvalue weighted by atomic mass is 9.84. The Hall–Kier alpha value is -1.52. The zero-order chi connectivity index (χ0) is 15.3. The molecule has 0 saturated heterocycles. The first-order chi connectivity index (χ1) is 8.54. The molecule has 0 aromatic rings. The first-order valence-corrected chi connectivity index (χ1v) is 6.25. The second-order valence-corrected chi connectivity index (χ2v) is 5.86. The lowest BCUT2D eigenvalue weighted by Gasteiger charge is -2.27. The quantitative estimate of drug-likeness (QED) is 0.616. The van der Waals surface area contributed by atoms with Gasteiger partial charge in [0, 0.05) is 6.04 Å². The molecule has 0 aliphatic heterocycles. The molecule has 0 bridgehead atoms. The van der Waals surface area contributed by atoms with E-state index < -0.39 is 17.1 Å². The third-order valence-electron chi connectivity index (χ3n) is 2.60. The van der Waals surface area contributed by atoms with E-state index in [4.69, 9.17) is 9.47 Å². The molecule has 2 unspecified atom stereocenters. The number of ether oxygens (including phenoxy) is 2. The van der Waals surface area contributed by atoms with E-state index >= 15 is 0 Å². The van der Waals surface area contributed by atoms with Gasteiger partial charge >= 0.3 is 12.1 Å². The van der Waals surface area contributed by atoms with Crippen molar-refractivity contribution in [1.82, 2.24) is 5.32 Å². The summed E-state index contributed by atoms with van der Waals surface area (Å²) < 4.78 is 9.89. The fourth-order valence-corrected chi connectivity index (χ4v) is 1.68. The van der Waals surface area contributed by atoms with Gasteiger partial charge in [0.05, 0.1) is 12.5 Å². The van der Waals surface area contributed by atoms with Gasteiger partial charge in [0.2, 0.25) is 0 Å². The average molecular weight is 271 g/mol. The van der Waals surface area contributed by atoms with Crippen LogP contribution < -0.4 is 5.32 Å². The Morgan fingerprint density at radius 2 is 1.84 bits per heavy atom. The fraction of sp³-hybridized carbons (Fsp3) is 0.714. The van der Waals surface area contributed by atoms with Crippen LogP contribution in [0, 0.1) is 5.41 Å². The molecular weight excluding hydrogens is 246 g/mol. The fourth-order valence-electron chi connectivity index (χ4n) is 1.68. The molecule has 110 valence electrons. The number of amides is 1. The van der Waals surface area contributed by atoms with Crippen molar-refractivity contribution in [2.45, 2.75) is 52.7 Å². The molecule has 0 aromatic carbocycles. The van der Waals surface area contributed by atoms with E-state index in [1.807, 2.05) is 0 Å². The van der Waals surface area contributed by atoms with E-state index in [2.05, 4.69) is 11.9 Å². The summed E-state index contributed by atoms with van der Waals surface area (Å²) in [6.45, 7) is 12.5. The van der Waals surface area contributed by atoms with Crippen molar-refractivity contribution in [3.05, 3.63) is 12.7 Å². The molecule has 5 heteroatoms.